The largest absolute Gasteiger partial charge is 0.495 e. The van der Waals surface area contributed by atoms with Crippen molar-refractivity contribution in [2.24, 2.45) is 5.10 Å². The summed E-state index contributed by atoms with van der Waals surface area (Å²) in [6.45, 7) is 9.64. The van der Waals surface area contributed by atoms with E-state index in [0.29, 0.717) is 11.0 Å². The summed E-state index contributed by atoms with van der Waals surface area (Å²) in [5, 5.41) is 4.30. The number of imidazole rings is 1. The summed E-state index contributed by atoms with van der Waals surface area (Å²) >= 11 is 0. The van der Waals surface area contributed by atoms with Gasteiger partial charge in [-0.25, -0.2) is 14.1 Å². The maximum Gasteiger partial charge on any atom is 0.495 e. The minimum absolute atomic E-state index is 0.285. The summed E-state index contributed by atoms with van der Waals surface area (Å²) in [5.74, 6) is -0.0760. The van der Waals surface area contributed by atoms with Gasteiger partial charge in [-0.2, -0.15) is 5.10 Å². The highest BCUT2D eigenvalue weighted by molar-refractivity contribution is 6.63. The fourth-order valence-corrected chi connectivity index (χ4v) is 2.56. The third-order valence-electron chi connectivity index (χ3n) is 4.71. The van der Waals surface area contributed by atoms with Crippen LogP contribution < -0.4 is 11.2 Å². The SMILES string of the molecule is Cc1cn(N=Cc2ccc(F)cc2B2OC(C)(C)C(C)(C)O2)c(N)n1. The molecule has 0 radical (unpaired) electrons. The van der Waals surface area contributed by atoms with Gasteiger partial charge in [0.15, 0.2) is 0 Å². The number of nitrogens with two attached hydrogens (primary N) is 1. The number of benzene rings is 1. The Morgan fingerprint density at radius 3 is 2.44 bits per heavy atom. The first-order chi connectivity index (χ1) is 11.6. The van der Waals surface area contributed by atoms with E-state index < -0.39 is 18.3 Å². The number of halogens is 1. The molecule has 1 fully saturated rings. The van der Waals surface area contributed by atoms with E-state index in [1.54, 1.807) is 18.5 Å². The molecule has 0 bridgehead atoms. The Labute approximate surface area is 147 Å². The van der Waals surface area contributed by atoms with E-state index in [1.807, 2.05) is 34.6 Å². The molecular weight excluding hydrogens is 322 g/mol. The second kappa shape index (κ2) is 5.96. The predicted octanol–water partition coefficient (Wildman–Crippen LogP) is 2.09. The van der Waals surface area contributed by atoms with E-state index in [9.17, 15) is 4.39 Å². The lowest BCUT2D eigenvalue weighted by Gasteiger charge is -2.32. The van der Waals surface area contributed by atoms with Crippen LogP contribution in [0.15, 0.2) is 29.5 Å². The molecule has 0 unspecified atom stereocenters. The zero-order chi connectivity index (χ0) is 18.4. The Balaban J connectivity index is 1.96. The molecule has 1 aliphatic heterocycles. The van der Waals surface area contributed by atoms with Gasteiger partial charge in [-0.1, -0.05) is 6.07 Å². The summed E-state index contributed by atoms with van der Waals surface area (Å²) in [6, 6.07) is 4.42. The summed E-state index contributed by atoms with van der Waals surface area (Å²) < 4.78 is 27.4. The van der Waals surface area contributed by atoms with Crippen LogP contribution in [0.25, 0.3) is 0 Å². The Morgan fingerprint density at radius 1 is 1.24 bits per heavy atom. The van der Waals surface area contributed by atoms with Crippen LogP contribution >= 0.6 is 0 Å². The number of hydrogen-bond donors (Lipinski definition) is 1. The Hall–Kier alpha value is -2.19. The molecule has 1 aromatic heterocycles. The lowest BCUT2D eigenvalue weighted by atomic mass is 9.76. The normalized spacial score (nSPS) is 19.0. The van der Waals surface area contributed by atoms with Crippen molar-refractivity contribution in [3.05, 3.63) is 41.5 Å². The highest BCUT2D eigenvalue weighted by Crippen LogP contribution is 2.36. The van der Waals surface area contributed by atoms with Crippen LogP contribution in [0, 0.1) is 12.7 Å². The number of hydrogen-bond acceptors (Lipinski definition) is 5. The standard InChI is InChI=1S/C17H22BFN4O2/c1-11-10-23(15(20)22-11)21-9-12-6-7-13(19)8-14(12)18-24-16(2,3)17(4,5)25-18/h6-10H,1-5H3,(H2,20,22). The van der Waals surface area contributed by atoms with Crippen molar-refractivity contribution in [3.63, 3.8) is 0 Å². The van der Waals surface area contributed by atoms with Gasteiger partial charge in [-0.05, 0) is 57.8 Å². The maximum absolute atomic E-state index is 13.8. The molecule has 0 amide bonds. The molecule has 8 heteroatoms. The second-order valence-corrected chi connectivity index (χ2v) is 7.19. The number of rotatable bonds is 3. The topological polar surface area (TPSA) is 74.7 Å². The van der Waals surface area contributed by atoms with Gasteiger partial charge in [0.1, 0.15) is 5.82 Å². The lowest BCUT2D eigenvalue weighted by Crippen LogP contribution is -2.41. The Morgan fingerprint density at radius 2 is 1.88 bits per heavy atom. The molecule has 0 atom stereocenters. The lowest BCUT2D eigenvalue weighted by molar-refractivity contribution is 0.00578. The minimum Gasteiger partial charge on any atom is -0.399 e. The van der Waals surface area contributed by atoms with Crippen molar-refractivity contribution < 1.29 is 13.7 Å². The molecule has 2 heterocycles. The molecule has 25 heavy (non-hydrogen) atoms. The molecule has 3 rings (SSSR count). The zero-order valence-electron chi connectivity index (χ0n) is 15.1. The van der Waals surface area contributed by atoms with Crippen LogP contribution in [0.3, 0.4) is 0 Å². The van der Waals surface area contributed by atoms with Gasteiger partial charge in [-0.3, -0.25) is 0 Å². The fraction of sp³-hybridized carbons (Fsp3) is 0.412. The molecule has 2 N–H and O–H groups in total. The van der Waals surface area contributed by atoms with Gasteiger partial charge in [0, 0.05) is 0 Å². The average Bonchev–Trinajstić information content (AvgIpc) is 2.92. The fourth-order valence-electron chi connectivity index (χ4n) is 2.56. The minimum atomic E-state index is -0.677. The monoisotopic (exact) mass is 344 g/mol. The van der Waals surface area contributed by atoms with Crippen molar-refractivity contribution >= 4 is 24.7 Å². The molecule has 0 aliphatic carbocycles. The number of nitrogens with zero attached hydrogens (tertiary/aromatic N) is 3. The summed E-state index contributed by atoms with van der Waals surface area (Å²) in [6.07, 6.45) is 3.31. The molecule has 1 aliphatic rings. The Bertz CT molecular complexity index is 816. The quantitative estimate of drug-likeness (QED) is 0.684. The van der Waals surface area contributed by atoms with E-state index in [2.05, 4.69) is 10.1 Å². The first-order valence-corrected chi connectivity index (χ1v) is 8.10. The van der Waals surface area contributed by atoms with Crippen molar-refractivity contribution in [2.45, 2.75) is 45.8 Å². The Kier molecular flexibility index (Phi) is 4.21. The maximum atomic E-state index is 13.8. The first-order valence-electron chi connectivity index (χ1n) is 8.10. The molecule has 6 nitrogen and oxygen atoms in total. The second-order valence-electron chi connectivity index (χ2n) is 7.19. The molecule has 1 saturated heterocycles. The summed E-state index contributed by atoms with van der Waals surface area (Å²) in [4.78, 5) is 4.09. The molecule has 1 aromatic carbocycles. The van der Waals surface area contributed by atoms with Crippen LogP contribution in [0.5, 0.6) is 0 Å². The molecule has 0 saturated carbocycles. The molecule has 2 aromatic rings. The first kappa shape index (κ1) is 17.6. The van der Waals surface area contributed by atoms with Crippen LogP contribution in [-0.4, -0.2) is 34.2 Å². The van der Waals surface area contributed by atoms with E-state index in [-0.39, 0.29) is 11.8 Å². The van der Waals surface area contributed by atoms with Crippen molar-refractivity contribution in [2.75, 3.05) is 5.73 Å². The van der Waals surface area contributed by atoms with Crippen molar-refractivity contribution in [3.8, 4) is 0 Å². The third-order valence-corrected chi connectivity index (χ3v) is 4.71. The van der Waals surface area contributed by atoms with Gasteiger partial charge in [-0.15, -0.1) is 0 Å². The van der Waals surface area contributed by atoms with Gasteiger partial charge >= 0.3 is 7.12 Å². The van der Waals surface area contributed by atoms with E-state index in [1.165, 1.54) is 16.8 Å². The number of nitrogen functional groups attached to an aromatic ring is 1. The van der Waals surface area contributed by atoms with Crippen LogP contribution in [0.1, 0.15) is 39.0 Å². The number of aryl methyl sites for hydroxylation is 1. The predicted molar refractivity (Wildman–Crippen MR) is 96.5 cm³/mol. The van der Waals surface area contributed by atoms with Gasteiger partial charge in [0.25, 0.3) is 0 Å². The van der Waals surface area contributed by atoms with Crippen molar-refractivity contribution in [1.29, 1.82) is 0 Å². The zero-order valence-corrected chi connectivity index (χ0v) is 15.1. The highest BCUT2D eigenvalue weighted by atomic mass is 19.1. The molecular formula is C17H22BFN4O2. The number of anilines is 1. The van der Waals surface area contributed by atoms with Crippen LogP contribution in [0.2, 0.25) is 0 Å². The van der Waals surface area contributed by atoms with Crippen molar-refractivity contribution in [1.82, 2.24) is 9.66 Å². The summed E-state index contributed by atoms with van der Waals surface area (Å²) in [5.41, 5.74) is 6.80. The number of aromatic nitrogens is 2. The van der Waals surface area contributed by atoms with E-state index in [4.69, 9.17) is 15.0 Å². The smallest absolute Gasteiger partial charge is 0.399 e. The highest BCUT2D eigenvalue weighted by Gasteiger charge is 2.52. The van der Waals surface area contributed by atoms with Gasteiger partial charge in [0.05, 0.1) is 29.3 Å². The third kappa shape index (κ3) is 3.32. The van der Waals surface area contributed by atoms with Gasteiger partial charge < -0.3 is 15.0 Å². The van der Waals surface area contributed by atoms with Gasteiger partial charge in [0.2, 0.25) is 5.95 Å². The molecule has 132 valence electrons. The summed E-state index contributed by atoms with van der Waals surface area (Å²) in [7, 11) is -0.677. The van der Waals surface area contributed by atoms with E-state index >= 15 is 0 Å². The molecule has 0 spiro atoms. The average molecular weight is 344 g/mol. The van der Waals surface area contributed by atoms with Crippen LogP contribution in [-0.2, 0) is 9.31 Å². The van der Waals surface area contributed by atoms with E-state index in [0.717, 1.165) is 5.69 Å². The van der Waals surface area contributed by atoms with Crippen LogP contribution in [0.4, 0.5) is 10.3 Å².